The fourth-order valence-corrected chi connectivity index (χ4v) is 4.14. The van der Waals surface area contributed by atoms with Crippen LogP contribution < -0.4 is 10.6 Å². The quantitative estimate of drug-likeness (QED) is 0.577. The third-order valence-corrected chi connectivity index (χ3v) is 5.76. The molecule has 0 bridgehead atoms. The Balaban J connectivity index is 1.20. The highest BCUT2D eigenvalue weighted by molar-refractivity contribution is 5.85. The van der Waals surface area contributed by atoms with Gasteiger partial charge in [-0.15, -0.1) is 0 Å². The van der Waals surface area contributed by atoms with Gasteiger partial charge < -0.3 is 19.5 Å². The van der Waals surface area contributed by atoms with Gasteiger partial charge in [0.2, 0.25) is 5.95 Å². The Morgan fingerprint density at radius 2 is 1.77 bits per heavy atom. The Kier molecular flexibility index (Phi) is 6.22. The van der Waals surface area contributed by atoms with E-state index in [0.717, 1.165) is 5.56 Å². The topological polar surface area (TPSA) is 142 Å². The van der Waals surface area contributed by atoms with Crippen LogP contribution in [0.15, 0.2) is 60.8 Å². The largest absolute Gasteiger partial charge is 0.441 e. The number of amides is 1. The third-order valence-electron chi connectivity index (χ3n) is 5.76. The molecule has 10 heteroatoms. The number of nitriles is 2. The number of carbonyl (C=O) groups is 1. The van der Waals surface area contributed by atoms with Crippen LogP contribution in [-0.4, -0.2) is 53.6 Å². The fourth-order valence-electron chi connectivity index (χ4n) is 4.14. The van der Waals surface area contributed by atoms with Crippen molar-refractivity contribution in [3.05, 3.63) is 71.9 Å². The molecule has 3 aromatic rings. The highest BCUT2D eigenvalue weighted by Gasteiger charge is 2.49. The summed E-state index contributed by atoms with van der Waals surface area (Å²) < 4.78 is 17.3. The molecule has 0 radical (unpaired) electrons. The number of ether oxygens (including phenoxy) is 3. The van der Waals surface area contributed by atoms with Crippen molar-refractivity contribution >= 4 is 17.7 Å². The van der Waals surface area contributed by atoms with Gasteiger partial charge in [0, 0.05) is 17.4 Å². The molecule has 5 rings (SSSR count). The number of nitrogens with one attached hydrogen (secondary N) is 2. The zero-order valence-electron chi connectivity index (χ0n) is 18.4. The lowest BCUT2D eigenvalue weighted by molar-refractivity contribution is 0.00917. The number of nitrogens with zero attached hydrogens (tertiary/aromatic N) is 4. The van der Waals surface area contributed by atoms with Crippen molar-refractivity contribution < 1.29 is 19.0 Å². The standard InChI is InChI=1S/C25H20N6O4/c26-11-15-3-1-5-17(9-15)19-7-8-28-24(30-19)31-20-13-33-23-21(14-34-22(20)23)35-25(32)29-18-6-2-4-16(10-18)12-27/h1-10,20-23H,13-14H2,(H,29,32)(H,28,30,31)/t20-,21-,22-,23+/m1/s1. The van der Waals surface area contributed by atoms with Crippen LogP contribution in [0.5, 0.6) is 0 Å². The summed E-state index contributed by atoms with van der Waals surface area (Å²) in [6.07, 6.45) is -0.357. The van der Waals surface area contributed by atoms with E-state index in [4.69, 9.17) is 24.7 Å². The van der Waals surface area contributed by atoms with Crippen molar-refractivity contribution in [2.24, 2.45) is 0 Å². The maximum atomic E-state index is 12.4. The zero-order chi connectivity index (χ0) is 24.2. The zero-order valence-corrected chi connectivity index (χ0v) is 18.4. The van der Waals surface area contributed by atoms with Gasteiger partial charge in [0.1, 0.15) is 12.2 Å². The van der Waals surface area contributed by atoms with Crippen molar-refractivity contribution in [1.82, 2.24) is 9.97 Å². The van der Waals surface area contributed by atoms with Gasteiger partial charge >= 0.3 is 6.09 Å². The minimum Gasteiger partial charge on any atom is -0.441 e. The highest BCUT2D eigenvalue weighted by Crippen LogP contribution is 2.31. The summed E-state index contributed by atoms with van der Waals surface area (Å²) in [5.41, 5.74) is 2.94. The molecule has 2 saturated heterocycles. The van der Waals surface area contributed by atoms with Gasteiger partial charge in [0.15, 0.2) is 6.10 Å². The van der Waals surface area contributed by atoms with Crippen LogP contribution in [0.3, 0.4) is 0 Å². The van der Waals surface area contributed by atoms with Gasteiger partial charge in [0.25, 0.3) is 0 Å². The van der Waals surface area contributed by atoms with Crippen molar-refractivity contribution in [2.45, 2.75) is 24.4 Å². The first kappa shape index (κ1) is 22.3. The van der Waals surface area contributed by atoms with E-state index < -0.39 is 18.3 Å². The number of anilines is 2. The second kappa shape index (κ2) is 9.77. The molecule has 2 N–H and O–H groups in total. The van der Waals surface area contributed by atoms with E-state index in [1.54, 1.807) is 54.7 Å². The van der Waals surface area contributed by atoms with Gasteiger partial charge in [-0.2, -0.15) is 10.5 Å². The summed E-state index contributed by atoms with van der Waals surface area (Å²) in [4.78, 5) is 21.2. The van der Waals surface area contributed by atoms with Gasteiger partial charge in [-0.1, -0.05) is 18.2 Å². The minimum absolute atomic E-state index is 0.195. The monoisotopic (exact) mass is 468 g/mol. The molecule has 174 valence electrons. The van der Waals surface area contributed by atoms with Gasteiger partial charge in [-0.3, -0.25) is 5.32 Å². The lowest BCUT2D eigenvalue weighted by Gasteiger charge is -2.18. The van der Waals surface area contributed by atoms with Crippen LogP contribution in [0.25, 0.3) is 11.3 Å². The summed E-state index contributed by atoms with van der Waals surface area (Å²) in [5, 5.41) is 24.0. The Morgan fingerprint density at radius 3 is 2.60 bits per heavy atom. The van der Waals surface area contributed by atoms with E-state index in [1.165, 1.54) is 0 Å². The van der Waals surface area contributed by atoms with E-state index in [2.05, 4.69) is 26.7 Å². The highest BCUT2D eigenvalue weighted by atomic mass is 16.6. The van der Waals surface area contributed by atoms with Crippen LogP contribution in [-0.2, 0) is 14.2 Å². The molecule has 1 aromatic heterocycles. The fraction of sp³-hybridized carbons (Fsp3) is 0.240. The van der Waals surface area contributed by atoms with Crippen LogP contribution in [0, 0.1) is 22.7 Å². The number of benzene rings is 2. The molecule has 0 aliphatic carbocycles. The summed E-state index contributed by atoms with van der Waals surface area (Å²) >= 11 is 0. The minimum atomic E-state index is -0.648. The molecule has 2 fully saturated rings. The van der Waals surface area contributed by atoms with E-state index in [1.807, 2.05) is 12.1 Å². The molecule has 2 aliphatic heterocycles. The third kappa shape index (κ3) is 4.89. The SMILES string of the molecule is N#Cc1cccc(NC(=O)O[C@@H]2CO[C@H]3[C@H]2OC[C@H]3Nc2nccc(-c3cccc(C#N)c3)n2)c1. The molecule has 2 aromatic carbocycles. The molecule has 0 spiro atoms. The van der Waals surface area contributed by atoms with Crippen molar-refractivity contribution in [2.75, 3.05) is 23.8 Å². The van der Waals surface area contributed by atoms with Gasteiger partial charge in [-0.25, -0.2) is 14.8 Å². The van der Waals surface area contributed by atoms with Gasteiger partial charge in [-0.05, 0) is 36.4 Å². The smallest absolute Gasteiger partial charge is 0.412 e. The average Bonchev–Trinajstić information content (AvgIpc) is 3.47. The maximum absolute atomic E-state index is 12.4. The predicted molar refractivity (Wildman–Crippen MR) is 124 cm³/mol. The number of carbonyl (C=O) groups excluding carboxylic acids is 1. The second-order valence-electron chi connectivity index (χ2n) is 8.07. The maximum Gasteiger partial charge on any atom is 0.412 e. The Morgan fingerprint density at radius 1 is 1.00 bits per heavy atom. The van der Waals surface area contributed by atoms with Crippen LogP contribution >= 0.6 is 0 Å². The first-order chi connectivity index (χ1) is 17.1. The number of fused-ring (bicyclic) bond motifs is 1. The molecule has 10 nitrogen and oxygen atoms in total. The van der Waals surface area contributed by atoms with Crippen LogP contribution in [0.1, 0.15) is 11.1 Å². The van der Waals surface area contributed by atoms with E-state index >= 15 is 0 Å². The predicted octanol–water partition coefficient (Wildman–Crippen LogP) is 3.08. The molecule has 4 atom stereocenters. The summed E-state index contributed by atoms with van der Waals surface area (Å²) in [5.74, 6) is 0.405. The Labute approximate surface area is 201 Å². The lowest BCUT2D eigenvalue weighted by Crippen LogP contribution is -2.38. The summed E-state index contributed by atoms with van der Waals surface area (Å²) in [6.45, 7) is 0.527. The molecule has 0 unspecified atom stereocenters. The van der Waals surface area contributed by atoms with Crippen LogP contribution in [0.2, 0.25) is 0 Å². The van der Waals surface area contributed by atoms with Crippen LogP contribution in [0.4, 0.5) is 16.4 Å². The average molecular weight is 468 g/mol. The molecular formula is C25H20N6O4. The first-order valence-corrected chi connectivity index (χ1v) is 10.9. The first-order valence-electron chi connectivity index (χ1n) is 10.9. The van der Waals surface area contributed by atoms with E-state index in [9.17, 15) is 4.79 Å². The summed E-state index contributed by atoms with van der Waals surface area (Å²) in [6, 6.07) is 19.4. The van der Waals surface area contributed by atoms with E-state index in [0.29, 0.717) is 35.1 Å². The molecule has 35 heavy (non-hydrogen) atoms. The molecule has 2 aliphatic rings. The van der Waals surface area contributed by atoms with Gasteiger partial charge in [0.05, 0.1) is 48.2 Å². The number of hydrogen-bond acceptors (Lipinski definition) is 9. The Bertz CT molecular complexity index is 1330. The number of rotatable bonds is 5. The summed E-state index contributed by atoms with van der Waals surface area (Å²) in [7, 11) is 0. The van der Waals surface area contributed by atoms with E-state index in [-0.39, 0.29) is 18.8 Å². The van der Waals surface area contributed by atoms with Crippen molar-refractivity contribution in [3.8, 4) is 23.4 Å². The van der Waals surface area contributed by atoms with Crippen molar-refractivity contribution in [3.63, 3.8) is 0 Å². The van der Waals surface area contributed by atoms with Crippen molar-refractivity contribution in [1.29, 1.82) is 10.5 Å². The Hall–Kier alpha value is -4.51. The molecule has 0 saturated carbocycles. The molecule has 1 amide bonds. The molecule has 3 heterocycles. The number of hydrogen-bond donors (Lipinski definition) is 2. The molecular weight excluding hydrogens is 448 g/mol. The normalized spacial score (nSPS) is 22.5. The lowest BCUT2D eigenvalue weighted by atomic mass is 10.1. The second-order valence-corrected chi connectivity index (χ2v) is 8.07. The number of aromatic nitrogens is 2.